The zero-order chi connectivity index (χ0) is 8.20. The minimum atomic E-state index is -3.14. The van der Waals surface area contributed by atoms with Crippen molar-refractivity contribution in [3.63, 3.8) is 0 Å². The molecule has 10 heavy (non-hydrogen) atoms. The number of hydrogen-bond acceptors (Lipinski definition) is 2. The van der Waals surface area contributed by atoms with Crippen molar-refractivity contribution >= 4 is 7.37 Å². The fraction of sp³-hybridized carbons (Fsp3) is 0.833. The van der Waals surface area contributed by atoms with Crippen LogP contribution in [0, 0.1) is 11.3 Å². The molecule has 0 amide bonds. The second-order valence-corrected chi connectivity index (χ2v) is 4.89. The monoisotopic (exact) mass is 161 g/mol. The molecule has 0 aromatic carbocycles. The lowest BCUT2D eigenvalue weighted by Crippen LogP contribution is -2.05. The van der Waals surface area contributed by atoms with Crippen LogP contribution < -0.4 is 0 Å². The summed E-state index contributed by atoms with van der Waals surface area (Å²) in [5.74, 6) is 0. The SMILES string of the molecule is CCC(C#N)P(=O)(O)CC. The molecular formula is C6H12NO2P. The van der Waals surface area contributed by atoms with Gasteiger partial charge in [-0.05, 0) is 6.42 Å². The van der Waals surface area contributed by atoms with Gasteiger partial charge in [-0.1, -0.05) is 13.8 Å². The fourth-order valence-corrected chi connectivity index (χ4v) is 1.88. The van der Waals surface area contributed by atoms with Crippen molar-refractivity contribution in [2.75, 3.05) is 6.16 Å². The van der Waals surface area contributed by atoms with Gasteiger partial charge in [0.25, 0.3) is 0 Å². The van der Waals surface area contributed by atoms with Gasteiger partial charge in [0.1, 0.15) is 5.66 Å². The van der Waals surface area contributed by atoms with Crippen LogP contribution in [0.15, 0.2) is 0 Å². The van der Waals surface area contributed by atoms with E-state index in [1.54, 1.807) is 13.8 Å². The molecule has 0 aliphatic heterocycles. The van der Waals surface area contributed by atoms with Crippen LogP contribution in [0.1, 0.15) is 20.3 Å². The van der Waals surface area contributed by atoms with Crippen molar-refractivity contribution in [3.05, 3.63) is 0 Å². The van der Waals surface area contributed by atoms with Crippen molar-refractivity contribution in [1.82, 2.24) is 0 Å². The van der Waals surface area contributed by atoms with E-state index >= 15 is 0 Å². The van der Waals surface area contributed by atoms with E-state index in [0.29, 0.717) is 6.42 Å². The average Bonchev–Trinajstić information content (AvgIpc) is 1.90. The first kappa shape index (κ1) is 9.68. The zero-order valence-corrected chi connectivity index (χ0v) is 7.14. The summed E-state index contributed by atoms with van der Waals surface area (Å²) in [6.45, 7) is 3.37. The van der Waals surface area contributed by atoms with Crippen molar-refractivity contribution < 1.29 is 9.46 Å². The lowest BCUT2D eigenvalue weighted by Gasteiger charge is -2.12. The van der Waals surface area contributed by atoms with E-state index in [0.717, 1.165) is 0 Å². The standard InChI is InChI=1S/C6H12NO2P/c1-3-6(5-7)10(8,9)4-2/h6H,3-4H2,1-2H3,(H,8,9). The van der Waals surface area contributed by atoms with Crippen molar-refractivity contribution in [2.24, 2.45) is 0 Å². The molecule has 0 aliphatic carbocycles. The predicted molar refractivity (Wildman–Crippen MR) is 40.1 cm³/mol. The van der Waals surface area contributed by atoms with Crippen molar-refractivity contribution in [3.8, 4) is 6.07 Å². The summed E-state index contributed by atoms with van der Waals surface area (Å²) in [6, 6.07) is 1.83. The highest BCUT2D eigenvalue weighted by atomic mass is 31.2. The molecule has 2 unspecified atom stereocenters. The molecule has 0 heterocycles. The van der Waals surface area contributed by atoms with Gasteiger partial charge in [0.2, 0.25) is 7.37 Å². The van der Waals surface area contributed by atoms with E-state index in [1.165, 1.54) is 0 Å². The van der Waals surface area contributed by atoms with E-state index in [2.05, 4.69) is 0 Å². The first-order chi connectivity index (χ1) is 4.58. The topological polar surface area (TPSA) is 61.1 Å². The Morgan fingerprint density at radius 1 is 1.70 bits per heavy atom. The molecule has 0 fully saturated rings. The second-order valence-electron chi connectivity index (χ2n) is 2.12. The number of nitrogens with zero attached hydrogens (tertiary/aromatic N) is 1. The molecule has 0 aromatic heterocycles. The third kappa shape index (κ3) is 2.13. The molecule has 0 aliphatic rings. The van der Waals surface area contributed by atoms with E-state index in [9.17, 15) is 4.57 Å². The van der Waals surface area contributed by atoms with Gasteiger partial charge in [-0.15, -0.1) is 0 Å². The molecule has 0 radical (unpaired) electrons. The maximum atomic E-state index is 11.1. The number of hydrogen-bond donors (Lipinski definition) is 1. The van der Waals surface area contributed by atoms with Gasteiger partial charge >= 0.3 is 0 Å². The molecule has 4 heteroatoms. The number of rotatable bonds is 3. The van der Waals surface area contributed by atoms with Crippen LogP contribution in [0.25, 0.3) is 0 Å². The molecule has 0 aromatic rings. The van der Waals surface area contributed by atoms with Crippen LogP contribution in [-0.2, 0) is 4.57 Å². The van der Waals surface area contributed by atoms with Crippen molar-refractivity contribution in [2.45, 2.75) is 25.9 Å². The Morgan fingerprint density at radius 3 is 2.30 bits per heavy atom. The Labute approximate surface area is 61.1 Å². The Kier molecular flexibility index (Phi) is 3.63. The molecule has 0 spiro atoms. The van der Waals surface area contributed by atoms with Gasteiger partial charge in [0, 0.05) is 6.16 Å². The van der Waals surface area contributed by atoms with Gasteiger partial charge in [-0.3, -0.25) is 4.57 Å². The Balaban J connectivity index is 4.31. The van der Waals surface area contributed by atoms with Gasteiger partial charge < -0.3 is 4.89 Å². The average molecular weight is 161 g/mol. The van der Waals surface area contributed by atoms with E-state index in [4.69, 9.17) is 10.2 Å². The number of nitriles is 1. The van der Waals surface area contributed by atoms with Crippen LogP contribution in [0.5, 0.6) is 0 Å². The summed E-state index contributed by atoms with van der Waals surface area (Å²) in [5.41, 5.74) is -0.669. The third-order valence-corrected chi connectivity index (χ3v) is 3.84. The van der Waals surface area contributed by atoms with Gasteiger partial charge in [-0.25, -0.2) is 0 Å². The van der Waals surface area contributed by atoms with Gasteiger partial charge in [-0.2, -0.15) is 5.26 Å². The molecule has 1 N–H and O–H groups in total. The minimum Gasteiger partial charge on any atom is -0.343 e. The van der Waals surface area contributed by atoms with E-state index < -0.39 is 13.0 Å². The van der Waals surface area contributed by atoms with Crippen LogP contribution >= 0.6 is 7.37 Å². The summed E-state index contributed by atoms with van der Waals surface area (Å²) in [4.78, 5) is 9.12. The highest BCUT2D eigenvalue weighted by molar-refractivity contribution is 7.59. The lowest BCUT2D eigenvalue weighted by atomic mass is 10.4. The smallest absolute Gasteiger partial charge is 0.217 e. The third-order valence-electron chi connectivity index (χ3n) is 1.48. The van der Waals surface area contributed by atoms with E-state index in [1.807, 2.05) is 6.07 Å². The first-order valence-corrected chi connectivity index (χ1v) is 5.21. The highest BCUT2D eigenvalue weighted by Gasteiger charge is 2.26. The molecule has 0 bridgehead atoms. The quantitative estimate of drug-likeness (QED) is 0.639. The van der Waals surface area contributed by atoms with Gasteiger partial charge in [0.15, 0.2) is 0 Å². The van der Waals surface area contributed by atoms with E-state index in [-0.39, 0.29) is 6.16 Å². The summed E-state index contributed by atoms with van der Waals surface area (Å²) in [5, 5.41) is 8.41. The molecule has 0 saturated heterocycles. The Morgan fingerprint density at radius 2 is 2.20 bits per heavy atom. The van der Waals surface area contributed by atoms with Crippen molar-refractivity contribution in [1.29, 1.82) is 5.26 Å². The van der Waals surface area contributed by atoms with Crippen LogP contribution in [0.3, 0.4) is 0 Å². The van der Waals surface area contributed by atoms with Crippen LogP contribution in [-0.4, -0.2) is 16.7 Å². The maximum absolute atomic E-state index is 11.1. The molecule has 2 atom stereocenters. The normalized spacial score (nSPS) is 19.0. The molecular weight excluding hydrogens is 149 g/mol. The van der Waals surface area contributed by atoms with Crippen LogP contribution in [0.4, 0.5) is 0 Å². The van der Waals surface area contributed by atoms with Crippen LogP contribution in [0.2, 0.25) is 0 Å². The summed E-state index contributed by atoms with van der Waals surface area (Å²) < 4.78 is 11.1. The predicted octanol–water partition coefficient (Wildman–Crippen LogP) is 1.58. The molecule has 58 valence electrons. The molecule has 3 nitrogen and oxygen atoms in total. The second kappa shape index (κ2) is 3.75. The minimum absolute atomic E-state index is 0.194. The van der Waals surface area contributed by atoms with Gasteiger partial charge in [0.05, 0.1) is 6.07 Å². The Bertz CT molecular complexity index is 185. The highest BCUT2D eigenvalue weighted by Crippen LogP contribution is 2.46. The zero-order valence-electron chi connectivity index (χ0n) is 6.24. The Hall–Kier alpha value is -0.320. The summed E-state index contributed by atoms with van der Waals surface area (Å²) in [7, 11) is -3.14. The molecule has 0 rings (SSSR count). The molecule has 0 saturated carbocycles. The fourth-order valence-electron chi connectivity index (χ4n) is 0.687. The first-order valence-electron chi connectivity index (χ1n) is 3.29. The summed E-state index contributed by atoms with van der Waals surface area (Å²) in [6.07, 6.45) is 0.650. The maximum Gasteiger partial charge on any atom is 0.217 e. The summed E-state index contributed by atoms with van der Waals surface area (Å²) >= 11 is 0. The largest absolute Gasteiger partial charge is 0.343 e. The lowest BCUT2D eigenvalue weighted by molar-refractivity contribution is 0.471.